The summed E-state index contributed by atoms with van der Waals surface area (Å²) >= 11 is 4.76. The summed E-state index contributed by atoms with van der Waals surface area (Å²) in [6.45, 7) is 6.00. The highest BCUT2D eigenvalue weighted by Gasteiger charge is 2.23. The van der Waals surface area contributed by atoms with Gasteiger partial charge in [-0.1, -0.05) is 35.9 Å². The van der Waals surface area contributed by atoms with Gasteiger partial charge in [0, 0.05) is 51.9 Å². The lowest BCUT2D eigenvalue weighted by molar-refractivity contribution is 0.249. The van der Waals surface area contributed by atoms with Gasteiger partial charge in [0.15, 0.2) is 16.7 Å². The minimum absolute atomic E-state index is 0.0773. The summed E-state index contributed by atoms with van der Waals surface area (Å²) in [6, 6.07) is 11.8. The van der Waals surface area contributed by atoms with Crippen molar-refractivity contribution < 1.29 is 8.78 Å². The summed E-state index contributed by atoms with van der Waals surface area (Å²) in [5.74, 6) is -1.64. The van der Waals surface area contributed by atoms with Crippen LogP contribution in [0.15, 0.2) is 36.4 Å². The maximum atomic E-state index is 14.7. The van der Waals surface area contributed by atoms with Crippen LogP contribution in [0, 0.1) is 18.6 Å². The standard InChI is InChI=1S/C21H27F2N5S/c1-15-3-5-16(6-4-15)13-27-9-11-28(12-10-27)18-8-7-17(19(22)20(18)23)14-26(2)25-21(24)29/h3-8H,9-14H2,1-2H3,(H3,24,25,29). The molecule has 0 aliphatic carbocycles. The van der Waals surface area contributed by atoms with E-state index >= 15 is 0 Å². The third kappa shape index (κ3) is 5.62. The average molecular weight is 420 g/mol. The molecule has 1 saturated heterocycles. The molecule has 1 aliphatic rings. The normalized spacial score (nSPS) is 15.0. The zero-order valence-corrected chi connectivity index (χ0v) is 17.6. The van der Waals surface area contributed by atoms with Gasteiger partial charge in [0.25, 0.3) is 0 Å². The first-order valence-electron chi connectivity index (χ1n) is 9.60. The highest BCUT2D eigenvalue weighted by molar-refractivity contribution is 7.80. The molecule has 0 aromatic heterocycles. The molecule has 5 nitrogen and oxygen atoms in total. The Morgan fingerprint density at radius 2 is 1.72 bits per heavy atom. The number of rotatable bonds is 6. The van der Waals surface area contributed by atoms with Crippen LogP contribution >= 0.6 is 12.2 Å². The highest BCUT2D eigenvalue weighted by Crippen LogP contribution is 2.26. The number of aryl methyl sites for hydroxylation is 1. The maximum absolute atomic E-state index is 14.7. The third-order valence-electron chi connectivity index (χ3n) is 5.09. The van der Waals surface area contributed by atoms with Gasteiger partial charge in [-0.25, -0.2) is 13.8 Å². The number of hydrogen-bond acceptors (Lipinski definition) is 4. The minimum atomic E-state index is -0.832. The summed E-state index contributed by atoms with van der Waals surface area (Å²) in [4.78, 5) is 4.24. The Morgan fingerprint density at radius 1 is 1.07 bits per heavy atom. The van der Waals surface area contributed by atoms with Gasteiger partial charge in [0.05, 0.1) is 5.69 Å². The van der Waals surface area contributed by atoms with Crippen LogP contribution in [0.4, 0.5) is 14.5 Å². The Kier molecular flexibility index (Phi) is 7.00. The molecule has 2 aromatic rings. The predicted octanol–water partition coefficient (Wildman–Crippen LogP) is 2.78. The largest absolute Gasteiger partial charge is 0.375 e. The second-order valence-electron chi connectivity index (χ2n) is 7.45. The van der Waals surface area contributed by atoms with Crippen LogP contribution in [-0.2, 0) is 13.1 Å². The van der Waals surface area contributed by atoms with Crippen molar-refractivity contribution in [1.29, 1.82) is 0 Å². The zero-order valence-electron chi connectivity index (χ0n) is 16.8. The SMILES string of the molecule is Cc1ccc(CN2CCN(c3ccc(CN(C)NC(N)=S)c(F)c3F)CC2)cc1. The molecular weight excluding hydrogens is 392 g/mol. The number of thiocarbonyl (C=S) groups is 1. The molecule has 156 valence electrons. The summed E-state index contributed by atoms with van der Waals surface area (Å²) < 4.78 is 29.3. The van der Waals surface area contributed by atoms with E-state index in [0.717, 1.165) is 19.6 Å². The van der Waals surface area contributed by atoms with Crippen LogP contribution in [0.3, 0.4) is 0 Å². The molecule has 0 spiro atoms. The van der Waals surface area contributed by atoms with E-state index in [1.165, 1.54) is 16.1 Å². The Hall–Kier alpha value is -2.29. The Morgan fingerprint density at radius 3 is 2.34 bits per heavy atom. The number of hydrazine groups is 1. The van der Waals surface area contributed by atoms with Crippen LogP contribution < -0.4 is 16.1 Å². The molecule has 0 amide bonds. The van der Waals surface area contributed by atoms with Crippen molar-refractivity contribution in [3.8, 4) is 0 Å². The fraction of sp³-hybridized carbons (Fsp3) is 0.381. The van der Waals surface area contributed by atoms with Gasteiger partial charge in [-0.15, -0.1) is 0 Å². The number of hydrogen-bond donors (Lipinski definition) is 2. The summed E-state index contributed by atoms with van der Waals surface area (Å²) in [7, 11) is 1.66. The van der Waals surface area contributed by atoms with E-state index < -0.39 is 11.6 Å². The van der Waals surface area contributed by atoms with Crippen molar-refractivity contribution in [2.45, 2.75) is 20.0 Å². The molecule has 3 rings (SSSR count). The van der Waals surface area contributed by atoms with Crippen LogP contribution in [0.25, 0.3) is 0 Å². The second-order valence-corrected chi connectivity index (χ2v) is 7.89. The monoisotopic (exact) mass is 419 g/mol. The molecule has 1 fully saturated rings. The zero-order chi connectivity index (χ0) is 21.0. The van der Waals surface area contributed by atoms with Gasteiger partial charge in [0.1, 0.15) is 0 Å². The number of benzene rings is 2. The Balaban J connectivity index is 1.60. The van der Waals surface area contributed by atoms with Crippen molar-refractivity contribution >= 4 is 23.0 Å². The lowest BCUT2D eigenvalue weighted by atomic mass is 10.1. The summed E-state index contributed by atoms with van der Waals surface area (Å²) in [5, 5.41) is 1.59. The molecule has 1 heterocycles. The van der Waals surface area contributed by atoms with Crippen LogP contribution in [0.1, 0.15) is 16.7 Å². The lowest BCUT2D eigenvalue weighted by Gasteiger charge is -2.36. The number of nitrogens with zero attached hydrogens (tertiary/aromatic N) is 3. The molecule has 8 heteroatoms. The molecule has 2 aromatic carbocycles. The van der Waals surface area contributed by atoms with Gasteiger partial charge in [-0.2, -0.15) is 0 Å². The van der Waals surface area contributed by atoms with Crippen LogP contribution in [0.2, 0.25) is 0 Å². The van der Waals surface area contributed by atoms with E-state index in [1.54, 1.807) is 19.2 Å². The van der Waals surface area contributed by atoms with Crippen molar-refractivity contribution in [3.05, 3.63) is 64.7 Å². The molecular formula is C21H27F2N5S. The van der Waals surface area contributed by atoms with Gasteiger partial charge in [-0.3, -0.25) is 10.3 Å². The third-order valence-corrected chi connectivity index (χ3v) is 5.18. The average Bonchev–Trinajstić information content (AvgIpc) is 2.68. The fourth-order valence-corrected chi connectivity index (χ4v) is 3.68. The van der Waals surface area contributed by atoms with Gasteiger partial charge < -0.3 is 10.6 Å². The lowest BCUT2D eigenvalue weighted by Crippen LogP contribution is -2.46. The van der Waals surface area contributed by atoms with Crippen molar-refractivity contribution in [2.24, 2.45) is 5.73 Å². The number of piperazine rings is 1. The number of nitrogens with one attached hydrogen (secondary N) is 1. The first-order valence-corrected chi connectivity index (χ1v) is 10.0. The molecule has 0 atom stereocenters. The minimum Gasteiger partial charge on any atom is -0.375 e. The van der Waals surface area contributed by atoms with Gasteiger partial charge in [-0.05, 0) is 30.8 Å². The first-order chi connectivity index (χ1) is 13.8. The second kappa shape index (κ2) is 9.47. The first kappa shape index (κ1) is 21.4. The molecule has 3 N–H and O–H groups in total. The molecule has 0 radical (unpaired) electrons. The van der Waals surface area contributed by atoms with Crippen molar-refractivity contribution in [3.63, 3.8) is 0 Å². The summed E-state index contributed by atoms with van der Waals surface area (Å²) in [5.41, 5.74) is 11.1. The van der Waals surface area contributed by atoms with Crippen molar-refractivity contribution in [2.75, 3.05) is 38.1 Å². The van der Waals surface area contributed by atoms with E-state index in [9.17, 15) is 8.78 Å². The topological polar surface area (TPSA) is 47.8 Å². The van der Waals surface area contributed by atoms with E-state index in [2.05, 4.69) is 41.5 Å². The van der Waals surface area contributed by atoms with E-state index in [1.807, 2.05) is 4.90 Å². The van der Waals surface area contributed by atoms with Gasteiger partial charge >= 0.3 is 0 Å². The predicted molar refractivity (Wildman–Crippen MR) is 116 cm³/mol. The highest BCUT2D eigenvalue weighted by atomic mass is 32.1. The Bertz CT molecular complexity index is 851. The maximum Gasteiger partial charge on any atom is 0.182 e. The van der Waals surface area contributed by atoms with E-state index in [-0.39, 0.29) is 17.2 Å². The van der Waals surface area contributed by atoms with Crippen molar-refractivity contribution in [1.82, 2.24) is 15.3 Å². The van der Waals surface area contributed by atoms with Gasteiger partial charge in [0.2, 0.25) is 0 Å². The molecule has 0 saturated carbocycles. The molecule has 1 aliphatic heterocycles. The summed E-state index contributed by atoms with van der Waals surface area (Å²) in [6.07, 6.45) is 0. The quantitative estimate of drug-likeness (QED) is 0.555. The van der Waals surface area contributed by atoms with Crippen LogP contribution in [0.5, 0.6) is 0 Å². The molecule has 0 bridgehead atoms. The van der Waals surface area contributed by atoms with Crippen LogP contribution in [-0.4, -0.2) is 48.2 Å². The number of anilines is 1. The Labute approximate surface area is 176 Å². The fourth-order valence-electron chi connectivity index (χ4n) is 3.53. The molecule has 0 unspecified atom stereocenters. The van der Waals surface area contributed by atoms with E-state index in [0.29, 0.717) is 18.8 Å². The smallest absolute Gasteiger partial charge is 0.182 e. The molecule has 29 heavy (non-hydrogen) atoms. The van der Waals surface area contributed by atoms with E-state index in [4.69, 9.17) is 18.0 Å². The number of nitrogens with two attached hydrogens (primary N) is 1. The number of halogens is 2.